The van der Waals surface area contributed by atoms with Crippen molar-refractivity contribution in [2.24, 2.45) is 5.73 Å². The number of nitrogens with zero attached hydrogens (tertiary/aromatic N) is 3. The van der Waals surface area contributed by atoms with Crippen LogP contribution in [0.1, 0.15) is 32.0 Å². The van der Waals surface area contributed by atoms with Gasteiger partial charge in [-0.25, -0.2) is 4.39 Å². The Morgan fingerprint density at radius 1 is 1.40 bits per heavy atom. The average Bonchev–Trinajstić information content (AvgIpc) is 2.40. The number of hydrogen-bond donors (Lipinski definition) is 1. The number of hydrogen-bond acceptors (Lipinski definition) is 4. The maximum atomic E-state index is 12.8. The molecular weight excluding hydrogens is 255 g/mol. The van der Waals surface area contributed by atoms with Crippen LogP contribution in [0, 0.1) is 5.82 Å². The fourth-order valence-electron chi connectivity index (χ4n) is 2.61. The zero-order valence-corrected chi connectivity index (χ0v) is 12.6. The zero-order chi connectivity index (χ0) is 14.8. The van der Waals surface area contributed by atoms with Gasteiger partial charge in [0, 0.05) is 37.8 Å². The van der Waals surface area contributed by atoms with E-state index in [1.165, 1.54) is 12.3 Å². The lowest BCUT2D eigenvalue weighted by molar-refractivity contribution is 0.0386. The Kier molecular flexibility index (Phi) is 4.73. The highest BCUT2D eigenvalue weighted by molar-refractivity contribution is 5.09. The molecule has 1 aromatic rings. The van der Waals surface area contributed by atoms with E-state index in [2.05, 4.69) is 35.7 Å². The first kappa shape index (κ1) is 15.4. The van der Waals surface area contributed by atoms with Crippen molar-refractivity contribution >= 4 is 0 Å². The van der Waals surface area contributed by atoms with Gasteiger partial charge in [-0.3, -0.25) is 9.88 Å². The van der Waals surface area contributed by atoms with Crippen molar-refractivity contribution < 1.29 is 4.39 Å². The van der Waals surface area contributed by atoms with Crippen LogP contribution in [0.2, 0.25) is 0 Å². The van der Waals surface area contributed by atoms with E-state index in [4.69, 9.17) is 5.73 Å². The van der Waals surface area contributed by atoms with Crippen LogP contribution in [0.4, 0.5) is 4.39 Å². The lowest BCUT2D eigenvalue weighted by Crippen LogP contribution is -2.57. The Balaban J connectivity index is 1.84. The Morgan fingerprint density at radius 3 is 2.75 bits per heavy atom. The molecule has 0 bridgehead atoms. The van der Waals surface area contributed by atoms with Gasteiger partial charge in [0.05, 0.1) is 11.9 Å². The molecule has 1 aliphatic rings. The summed E-state index contributed by atoms with van der Waals surface area (Å²) in [6, 6.07) is 2.97. The number of likely N-dealkylation sites (N-methyl/N-ethyl adjacent to an activating group) is 1. The first-order valence-corrected chi connectivity index (χ1v) is 7.19. The zero-order valence-electron chi connectivity index (χ0n) is 12.6. The Hall–Kier alpha value is -1.04. The minimum atomic E-state index is -0.318. The smallest absolute Gasteiger partial charge is 0.141 e. The molecule has 1 atom stereocenters. The van der Waals surface area contributed by atoms with Gasteiger partial charge in [-0.2, -0.15) is 0 Å². The third-order valence-corrected chi connectivity index (χ3v) is 4.28. The highest BCUT2D eigenvalue weighted by Gasteiger charge is 2.30. The second-order valence-corrected chi connectivity index (χ2v) is 6.31. The van der Waals surface area contributed by atoms with Crippen molar-refractivity contribution in [3.63, 3.8) is 0 Å². The van der Waals surface area contributed by atoms with Gasteiger partial charge in [-0.1, -0.05) is 0 Å². The summed E-state index contributed by atoms with van der Waals surface area (Å²) >= 11 is 0. The van der Waals surface area contributed by atoms with Gasteiger partial charge in [0.25, 0.3) is 0 Å². The summed E-state index contributed by atoms with van der Waals surface area (Å²) in [6.07, 6.45) is 2.08. The molecule has 1 saturated heterocycles. The fraction of sp³-hybridized carbons (Fsp3) is 0.667. The van der Waals surface area contributed by atoms with Crippen LogP contribution in [-0.4, -0.2) is 53.5 Å². The van der Waals surface area contributed by atoms with E-state index in [1.54, 1.807) is 6.07 Å². The van der Waals surface area contributed by atoms with Crippen LogP contribution in [0.3, 0.4) is 0 Å². The monoisotopic (exact) mass is 280 g/mol. The Labute approximate surface area is 120 Å². The number of piperazine rings is 1. The van der Waals surface area contributed by atoms with Crippen LogP contribution in [-0.2, 0) is 0 Å². The predicted octanol–water partition coefficient (Wildman–Crippen LogP) is 1.64. The second kappa shape index (κ2) is 6.16. The van der Waals surface area contributed by atoms with Gasteiger partial charge in [0.2, 0.25) is 0 Å². The summed E-state index contributed by atoms with van der Waals surface area (Å²) in [6.45, 7) is 8.69. The average molecular weight is 280 g/mol. The van der Waals surface area contributed by atoms with Crippen molar-refractivity contribution in [1.82, 2.24) is 14.8 Å². The van der Waals surface area contributed by atoms with Crippen LogP contribution in [0.15, 0.2) is 18.3 Å². The standard InChI is InChI=1S/C15H25FN4/c1-15(2)11-20(9-8-19(15)3)7-6-13(17)14-5-4-12(16)10-18-14/h4-5,10,13H,6-9,11,17H2,1-3H3. The summed E-state index contributed by atoms with van der Waals surface area (Å²) in [5.74, 6) is -0.318. The normalized spacial score (nSPS) is 21.9. The molecule has 4 nitrogen and oxygen atoms in total. The number of pyridine rings is 1. The van der Waals surface area contributed by atoms with E-state index in [-0.39, 0.29) is 17.4 Å². The second-order valence-electron chi connectivity index (χ2n) is 6.31. The summed E-state index contributed by atoms with van der Waals surface area (Å²) in [4.78, 5) is 8.90. The lowest BCUT2D eigenvalue weighted by atomic mass is 9.99. The SMILES string of the molecule is CN1CCN(CCC(N)c2ccc(F)cn2)CC1(C)C. The third kappa shape index (κ3) is 3.75. The Morgan fingerprint density at radius 2 is 2.15 bits per heavy atom. The molecule has 0 spiro atoms. The molecule has 1 aromatic heterocycles. The summed E-state index contributed by atoms with van der Waals surface area (Å²) in [5, 5.41) is 0. The van der Waals surface area contributed by atoms with Crippen LogP contribution >= 0.6 is 0 Å². The van der Waals surface area contributed by atoms with Gasteiger partial charge >= 0.3 is 0 Å². The molecule has 0 amide bonds. The van der Waals surface area contributed by atoms with E-state index in [0.29, 0.717) is 0 Å². The minimum Gasteiger partial charge on any atom is -0.323 e. The molecule has 0 saturated carbocycles. The minimum absolute atomic E-state index is 0.127. The van der Waals surface area contributed by atoms with Gasteiger partial charge in [-0.05, 0) is 39.4 Å². The van der Waals surface area contributed by atoms with Gasteiger partial charge in [0.1, 0.15) is 5.82 Å². The molecule has 0 radical (unpaired) electrons. The molecule has 1 aliphatic heterocycles. The highest BCUT2D eigenvalue weighted by Crippen LogP contribution is 2.20. The van der Waals surface area contributed by atoms with Crippen LogP contribution in [0.5, 0.6) is 0 Å². The number of rotatable bonds is 4. The molecule has 20 heavy (non-hydrogen) atoms. The Bertz CT molecular complexity index is 432. The molecule has 1 unspecified atom stereocenters. The molecule has 0 aromatic carbocycles. The molecule has 2 N–H and O–H groups in total. The van der Waals surface area contributed by atoms with E-state index in [9.17, 15) is 4.39 Å². The first-order valence-electron chi connectivity index (χ1n) is 7.19. The topological polar surface area (TPSA) is 45.4 Å². The van der Waals surface area contributed by atoms with Crippen molar-refractivity contribution in [1.29, 1.82) is 0 Å². The van der Waals surface area contributed by atoms with Crippen LogP contribution < -0.4 is 5.73 Å². The molecular formula is C15H25FN4. The highest BCUT2D eigenvalue weighted by atomic mass is 19.1. The lowest BCUT2D eigenvalue weighted by Gasteiger charge is -2.45. The van der Waals surface area contributed by atoms with E-state index in [0.717, 1.165) is 38.3 Å². The molecule has 2 heterocycles. The molecule has 2 rings (SSSR count). The largest absolute Gasteiger partial charge is 0.323 e. The maximum Gasteiger partial charge on any atom is 0.141 e. The van der Waals surface area contributed by atoms with E-state index < -0.39 is 0 Å². The number of aromatic nitrogens is 1. The van der Waals surface area contributed by atoms with E-state index >= 15 is 0 Å². The summed E-state index contributed by atoms with van der Waals surface area (Å²) in [7, 11) is 2.17. The quantitative estimate of drug-likeness (QED) is 0.910. The predicted molar refractivity (Wildman–Crippen MR) is 78.9 cm³/mol. The number of nitrogens with two attached hydrogens (primary N) is 1. The summed E-state index contributed by atoms with van der Waals surface area (Å²) in [5.41, 5.74) is 7.10. The number of halogens is 1. The third-order valence-electron chi connectivity index (χ3n) is 4.28. The van der Waals surface area contributed by atoms with Gasteiger partial charge in [-0.15, -0.1) is 0 Å². The molecule has 0 aliphatic carbocycles. The fourth-order valence-corrected chi connectivity index (χ4v) is 2.61. The molecule has 112 valence electrons. The van der Waals surface area contributed by atoms with Crippen molar-refractivity contribution in [2.45, 2.75) is 31.8 Å². The van der Waals surface area contributed by atoms with Crippen LogP contribution in [0.25, 0.3) is 0 Å². The maximum absolute atomic E-state index is 12.8. The summed E-state index contributed by atoms with van der Waals surface area (Å²) < 4.78 is 12.8. The first-order chi connectivity index (χ1) is 9.38. The molecule has 5 heteroatoms. The van der Waals surface area contributed by atoms with Crippen molar-refractivity contribution in [3.05, 3.63) is 29.8 Å². The van der Waals surface area contributed by atoms with E-state index in [1.807, 2.05) is 0 Å². The van der Waals surface area contributed by atoms with Crippen molar-refractivity contribution in [3.8, 4) is 0 Å². The van der Waals surface area contributed by atoms with Gasteiger partial charge in [0.15, 0.2) is 0 Å². The van der Waals surface area contributed by atoms with Gasteiger partial charge < -0.3 is 10.6 Å². The molecule has 1 fully saturated rings. The van der Waals surface area contributed by atoms with Crippen molar-refractivity contribution in [2.75, 3.05) is 33.2 Å².